The molecule has 0 unspecified atom stereocenters. The molecule has 83 heavy (non-hydrogen) atoms. The summed E-state index contributed by atoms with van der Waals surface area (Å²) in [6.07, 6.45) is -9.36. The second-order valence-corrected chi connectivity index (χ2v) is 16.3. The molecule has 0 bridgehead atoms. The molecule has 8 aromatic carbocycles. The van der Waals surface area contributed by atoms with E-state index in [9.17, 15) is 26.3 Å². The van der Waals surface area contributed by atoms with Crippen LogP contribution in [0.25, 0.3) is 10.9 Å². The molecule has 0 aliphatic heterocycles. The number of alkyl halides is 6. The van der Waals surface area contributed by atoms with Gasteiger partial charge in [0.1, 0.15) is 23.0 Å². The van der Waals surface area contributed by atoms with Crippen molar-refractivity contribution >= 4 is 34.9 Å². The maximum Gasteiger partial charge on any atom is 2.00 e. The fourth-order valence-corrected chi connectivity index (χ4v) is 6.79. The molecule has 0 spiro atoms. The topological polar surface area (TPSA) is 217 Å². The smallest absolute Gasteiger partial charge is 0.436 e. The van der Waals surface area contributed by atoms with Crippen LogP contribution in [0.2, 0.25) is 0 Å². The summed E-state index contributed by atoms with van der Waals surface area (Å²) < 4.78 is 106. The average molecular weight is 1170 g/mol. The molecule has 2 aromatic heterocycles. The zero-order valence-electron chi connectivity index (χ0n) is 42.4. The van der Waals surface area contributed by atoms with Crippen LogP contribution in [-0.2, 0) is 28.8 Å². The average Bonchev–Trinajstić information content (AvgIpc) is 3.51. The Labute approximate surface area is 478 Å². The fraction of sp³-hybridized carbons (Fsp3) is 0.0345. The minimum atomic E-state index is -4.68. The zero-order chi connectivity index (χ0) is 57.0. The molecule has 416 valence electrons. The summed E-state index contributed by atoms with van der Waals surface area (Å²) in [5.74, 6) is 0.273. The van der Waals surface area contributed by atoms with Gasteiger partial charge in [0.05, 0.1) is 34.4 Å². The van der Waals surface area contributed by atoms with Crippen molar-refractivity contribution in [3.05, 3.63) is 264 Å². The molecule has 0 fully saturated rings. The van der Waals surface area contributed by atoms with Crippen molar-refractivity contribution in [2.75, 3.05) is 0 Å². The number of azo groups is 2. The Hall–Kier alpha value is -10.8. The van der Waals surface area contributed by atoms with E-state index in [0.29, 0.717) is 34.4 Å². The molecule has 2 heterocycles. The fourth-order valence-electron chi connectivity index (χ4n) is 6.79. The van der Waals surface area contributed by atoms with Gasteiger partial charge in [-0.2, -0.15) is 46.5 Å². The third kappa shape index (κ3) is 17.6. The number of ether oxygens (including phenoxy) is 4. The van der Waals surface area contributed by atoms with Crippen LogP contribution in [0.5, 0.6) is 47.0 Å². The van der Waals surface area contributed by atoms with E-state index in [-0.39, 0.29) is 63.6 Å². The molecule has 0 aliphatic carbocycles. The summed E-state index contributed by atoms with van der Waals surface area (Å²) in [5.41, 5.74) is 6.16. The Morgan fingerprint density at radius 1 is 0.325 bits per heavy atom. The number of amidine groups is 2. The van der Waals surface area contributed by atoms with Crippen molar-refractivity contribution in [3.63, 3.8) is 0 Å². The van der Waals surface area contributed by atoms with Gasteiger partial charge in [-0.05, 0) is 84.9 Å². The first-order valence-corrected chi connectivity index (χ1v) is 24.2. The molecule has 0 amide bonds. The Morgan fingerprint density at radius 3 is 0.855 bits per heavy atom. The number of halogens is 6. The van der Waals surface area contributed by atoms with E-state index in [1.54, 1.807) is 158 Å². The Balaban J connectivity index is 0.000000214. The van der Waals surface area contributed by atoms with Crippen LogP contribution < -0.4 is 18.9 Å². The Kier molecular flexibility index (Phi) is 19.9. The summed E-state index contributed by atoms with van der Waals surface area (Å²) in [4.78, 5) is 24.9. The van der Waals surface area contributed by atoms with Crippen LogP contribution in [0.3, 0.4) is 0 Å². The largest absolute Gasteiger partial charge is 2.00 e. The molecule has 10 rings (SSSR count). The number of rotatable bonds is 16. The van der Waals surface area contributed by atoms with E-state index in [1.807, 2.05) is 24.3 Å². The van der Waals surface area contributed by atoms with Crippen LogP contribution >= 0.6 is 0 Å². The van der Waals surface area contributed by atoms with Crippen LogP contribution in [0.4, 0.5) is 49.6 Å². The second-order valence-electron chi connectivity index (χ2n) is 16.3. The van der Waals surface area contributed by atoms with E-state index in [0.717, 1.165) is 12.1 Å². The Morgan fingerprint density at radius 2 is 0.578 bits per heavy atom. The van der Waals surface area contributed by atoms with Crippen molar-refractivity contribution in [3.8, 4) is 47.0 Å². The molecule has 0 radical (unpaired) electrons. The maximum atomic E-state index is 13.8. The quantitative estimate of drug-likeness (QED) is 0.0223. The summed E-state index contributed by atoms with van der Waals surface area (Å²) in [7, 11) is 0. The van der Waals surface area contributed by atoms with Gasteiger partial charge in [0.2, 0.25) is 0 Å². The number of hydrogen-bond acceptors (Lipinski definition) is 14. The molecular weight excluding hydrogens is 1130 g/mol. The second kappa shape index (κ2) is 28.4. The molecule has 0 aliphatic rings. The van der Waals surface area contributed by atoms with Gasteiger partial charge in [-0.25, -0.2) is 0 Å². The summed E-state index contributed by atoms with van der Waals surface area (Å²) in [6, 6.07) is 60.8. The van der Waals surface area contributed by atoms with Crippen LogP contribution in [0, 0.1) is 0 Å². The zero-order valence-corrected chi connectivity index (χ0v) is 43.4. The normalized spacial score (nSPS) is 11.7. The van der Waals surface area contributed by atoms with Gasteiger partial charge in [0.15, 0.2) is 11.7 Å². The van der Waals surface area contributed by atoms with Gasteiger partial charge in [-0.1, -0.05) is 146 Å². The summed E-state index contributed by atoms with van der Waals surface area (Å²) in [5, 5.41) is 24.0. The number of hydrogen-bond donors (Lipinski definition) is 0. The number of benzene rings is 8. The van der Waals surface area contributed by atoms with Crippen LogP contribution in [-0.4, -0.2) is 41.6 Å². The maximum absolute atomic E-state index is 13.8. The van der Waals surface area contributed by atoms with Gasteiger partial charge in [-0.15, -0.1) is 20.5 Å². The molecule has 0 atom stereocenters. The summed E-state index contributed by atoms with van der Waals surface area (Å²) >= 11 is 0. The van der Waals surface area contributed by atoms with Gasteiger partial charge in [-0.3, -0.25) is 10.9 Å². The molecular formula is C58H38F6N14NiO4. The Bertz CT molecular complexity index is 3440. The van der Waals surface area contributed by atoms with E-state index in [1.165, 1.54) is 36.4 Å². The first-order valence-electron chi connectivity index (χ1n) is 24.2. The first kappa shape index (κ1) is 58.3. The van der Waals surface area contributed by atoms with E-state index in [2.05, 4.69) is 71.4 Å². The number of nitrogens with zero attached hydrogens (tertiary/aromatic N) is 14. The first-order chi connectivity index (χ1) is 39.9. The van der Waals surface area contributed by atoms with Crippen molar-refractivity contribution in [1.82, 2.24) is 29.9 Å². The van der Waals surface area contributed by atoms with Crippen molar-refractivity contribution in [2.45, 2.75) is 12.4 Å². The minimum Gasteiger partial charge on any atom is -0.436 e. The molecule has 0 N–H and O–H groups in total. The standard InChI is InChI=1S/2C29H19F3N7O2.Ni/c2*30-29(31,32)24-19-11-10-18-23(24)25(37-36-20-12-4-1-5-13-20)38-39-26-33-27(40-21-14-6-2-7-15-21)35-28(34-26)41-22-16-8-3-9-17-22;/h2*1-19H;/q2*-1;+2. The summed E-state index contributed by atoms with van der Waals surface area (Å²) in [6.45, 7) is 0. The van der Waals surface area contributed by atoms with E-state index < -0.39 is 35.2 Å². The molecule has 10 aromatic rings. The van der Waals surface area contributed by atoms with Gasteiger partial charge in [0, 0.05) is 11.1 Å². The number of aromatic nitrogens is 6. The third-order valence-electron chi connectivity index (χ3n) is 10.4. The predicted octanol–water partition coefficient (Wildman–Crippen LogP) is 17.2. The monoisotopic (exact) mass is 1170 g/mol. The number of para-hydroxylation sites is 4. The predicted molar refractivity (Wildman–Crippen MR) is 290 cm³/mol. The molecule has 25 heteroatoms. The van der Waals surface area contributed by atoms with Crippen molar-refractivity contribution < 1.29 is 61.8 Å². The van der Waals surface area contributed by atoms with Crippen molar-refractivity contribution in [1.29, 1.82) is 0 Å². The third-order valence-corrected chi connectivity index (χ3v) is 10.4. The SMILES string of the molecule is FC(F)(F)c1ccccc1C(N=Nc1ccccc1)=N[N-]c1nc(Oc2ccccc2)nc(Oc2ccccc2)n1.FC(F)(F)c1ccccc1C(N=Nc1ccccc1)=N[N-]c1nc(Oc2ccccc2)nc(Oc2ccccc2)n1.[Ni+2]. The minimum absolute atomic E-state index is 0. The van der Waals surface area contributed by atoms with Gasteiger partial charge in [0.25, 0.3) is 24.0 Å². The molecule has 18 nitrogen and oxygen atoms in total. The van der Waals surface area contributed by atoms with Gasteiger partial charge >= 0.3 is 28.8 Å². The van der Waals surface area contributed by atoms with Crippen molar-refractivity contribution in [2.24, 2.45) is 30.7 Å². The molecule has 0 saturated carbocycles. The van der Waals surface area contributed by atoms with Gasteiger partial charge < -0.3 is 38.9 Å². The van der Waals surface area contributed by atoms with Crippen LogP contribution in [0.1, 0.15) is 22.3 Å². The molecule has 0 saturated heterocycles. The van der Waals surface area contributed by atoms with E-state index >= 15 is 0 Å². The van der Waals surface area contributed by atoms with E-state index in [4.69, 9.17) is 18.9 Å². The van der Waals surface area contributed by atoms with Crippen LogP contribution in [0.15, 0.2) is 261 Å².